The predicted octanol–water partition coefficient (Wildman–Crippen LogP) is 4.44. The molecule has 0 aliphatic heterocycles. The molecule has 0 aliphatic carbocycles. The second-order valence-corrected chi connectivity index (χ2v) is 6.43. The van der Waals surface area contributed by atoms with E-state index in [1.165, 1.54) is 0 Å². The highest BCUT2D eigenvalue weighted by atomic mass is 16.5. The van der Waals surface area contributed by atoms with Crippen LogP contribution in [0, 0.1) is 13.8 Å². The minimum absolute atomic E-state index is 0.0414. The molecule has 0 bridgehead atoms. The van der Waals surface area contributed by atoms with Crippen molar-refractivity contribution in [1.29, 1.82) is 0 Å². The Morgan fingerprint density at radius 3 is 2.30 bits per heavy atom. The van der Waals surface area contributed by atoms with Crippen LogP contribution in [0.2, 0.25) is 0 Å². The summed E-state index contributed by atoms with van der Waals surface area (Å²) >= 11 is 0. The molecule has 5 heteroatoms. The molecule has 0 saturated heterocycles. The zero-order chi connectivity index (χ0) is 19.4. The Morgan fingerprint density at radius 2 is 1.59 bits per heavy atom. The zero-order valence-corrected chi connectivity index (χ0v) is 15.3. The maximum atomic E-state index is 12.3. The van der Waals surface area contributed by atoms with E-state index in [9.17, 15) is 14.4 Å². The van der Waals surface area contributed by atoms with Crippen LogP contribution in [0.4, 0.5) is 0 Å². The molecule has 0 aliphatic rings. The number of Topliss-reactive ketones (excluding diaryl/α,β-unsaturated/α-hetero) is 2. The van der Waals surface area contributed by atoms with Crippen LogP contribution in [0.1, 0.15) is 44.9 Å². The molecule has 3 aromatic rings. The van der Waals surface area contributed by atoms with Crippen LogP contribution in [0.25, 0.3) is 11.0 Å². The van der Waals surface area contributed by atoms with Gasteiger partial charge in [0.25, 0.3) is 0 Å². The number of hydrogen-bond acceptors (Lipinski definition) is 5. The molecule has 0 spiro atoms. The van der Waals surface area contributed by atoms with Crippen molar-refractivity contribution in [2.24, 2.45) is 0 Å². The van der Waals surface area contributed by atoms with Crippen LogP contribution in [0.5, 0.6) is 0 Å². The van der Waals surface area contributed by atoms with Crippen molar-refractivity contribution in [3.8, 4) is 0 Å². The van der Waals surface area contributed by atoms with Gasteiger partial charge in [0.05, 0.1) is 6.42 Å². The highest BCUT2D eigenvalue weighted by molar-refractivity contribution is 6.02. The average Bonchev–Trinajstić information content (AvgIpc) is 3.02. The van der Waals surface area contributed by atoms with E-state index in [0.29, 0.717) is 11.1 Å². The molecule has 0 amide bonds. The molecule has 2 aromatic carbocycles. The largest absolute Gasteiger partial charge is 0.457 e. The normalized spacial score (nSPS) is 10.7. The maximum Gasteiger partial charge on any atom is 0.306 e. The fourth-order valence-electron chi connectivity index (χ4n) is 2.82. The van der Waals surface area contributed by atoms with Gasteiger partial charge in [0.1, 0.15) is 5.58 Å². The number of aryl methyl sites for hydroxylation is 2. The molecule has 0 fully saturated rings. The fraction of sp³-hybridized carbons (Fsp3) is 0.227. The van der Waals surface area contributed by atoms with Crippen molar-refractivity contribution in [3.05, 3.63) is 71.0 Å². The summed E-state index contributed by atoms with van der Waals surface area (Å²) in [6.45, 7) is 3.33. The van der Waals surface area contributed by atoms with Gasteiger partial charge in [-0.3, -0.25) is 14.4 Å². The van der Waals surface area contributed by atoms with Crippen LogP contribution in [0.3, 0.4) is 0 Å². The topological polar surface area (TPSA) is 73.6 Å². The SMILES string of the molecule is Cc1ccc(C(=O)CCC(=O)OCC(=O)c2oc3ccccc3c2C)cc1. The van der Waals surface area contributed by atoms with Gasteiger partial charge in [0.15, 0.2) is 18.2 Å². The number of hydrogen-bond donors (Lipinski definition) is 0. The van der Waals surface area contributed by atoms with Gasteiger partial charge < -0.3 is 9.15 Å². The monoisotopic (exact) mass is 364 g/mol. The van der Waals surface area contributed by atoms with Crippen molar-refractivity contribution >= 4 is 28.5 Å². The number of fused-ring (bicyclic) bond motifs is 1. The second-order valence-electron chi connectivity index (χ2n) is 6.43. The van der Waals surface area contributed by atoms with Crippen LogP contribution in [-0.2, 0) is 9.53 Å². The molecule has 3 rings (SSSR count). The zero-order valence-electron chi connectivity index (χ0n) is 15.3. The number of esters is 1. The smallest absolute Gasteiger partial charge is 0.306 e. The lowest BCUT2D eigenvalue weighted by molar-refractivity contribution is -0.142. The number of carbonyl (C=O) groups is 3. The van der Waals surface area contributed by atoms with Gasteiger partial charge in [-0.15, -0.1) is 0 Å². The van der Waals surface area contributed by atoms with E-state index in [0.717, 1.165) is 16.5 Å². The molecular formula is C22H20O5. The number of ketones is 2. The summed E-state index contributed by atoms with van der Waals surface area (Å²) in [5.74, 6) is -0.925. The molecule has 0 saturated carbocycles. The molecule has 0 unspecified atom stereocenters. The summed E-state index contributed by atoms with van der Waals surface area (Å²) in [5, 5.41) is 0.857. The molecule has 0 atom stereocenters. The minimum Gasteiger partial charge on any atom is -0.457 e. The highest BCUT2D eigenvalue weighted by Crippen LogP contribution is 2.25. The predicted molar refractivity (Wildman–Crippen MR) is 101 cm³/mol. The highest BCUT2D eigenvalue weighted by Gasteiger charge is 2.19. The molecule has 5 nitrogen and oxygen atoms in total. The lowest BCUT2D eigenvalue weighted by Gasteiger charge is -2.04. The second kappa shape index (κ2) is 7.99. The van der Waals surface area contributed by atoms with Crippen LogP contribution in [0.15, 0.2) is 52.9 Å². The average molecular weight is 364 g/mol. The standard InChI is InChI=1S/C22H20O5/c1-14-7-9-16(10-8-14)18(23)11-12-21(25)26-13-19(24)22-15(2)17-5-3-4-6-20(17)27-22/h3-10H,11-13H2,1-2H3. The number of carbonyl (C=O) groups excluding carboxylic acids is 3. The fourth-order valence-corrected chi connectivity index (χ4v) is 2.82. The number of furan rings is 1. The van der Waals surface area contributed by atoms with Gasteiger partial charge in [0.2, 0.25) is 5.78 Å². The van der Waals surface area contributed by atoms with E-state index >= 15 is 0 Å². The van der Waals surface area contributed by atoms with Crippen LogP contribution < -0.4 is 0 Å². The van der Waals surface area contributed by atoms with Crippen molar-refractivity contribution in [1.82, 2.24) is 0 Å². The Morgan fingerprint density at radius 1 is 0.889 bits per heavy atom. The van der Waals surface area contributed by atoms with E-state index in [1.807, 2.05) is 37.3 Å². The summed E-state index contributed by atoms with van der Waals surface area (Å²) in [7, 11) is 0. The third kappa shape index (κ3) is 4.31. The maximum absolute atomic E-state index is 12.3. The Hall–Kier alpha value is -3.21. The van der Waals surface area contributed by atoms with Crippen LogP contribution >= 0.6 is 0 Å². The summed E-state index contributed by atoms with van der Waals surface area (Å²) in [5.41, 5.74) is 2.96. The lowest BCUT2D eigenvalue weighted by atomic mass is 10.1. The quantitative estimate of drug-likeness (QED) is 0.458. The first kappa shape index (κ1) is 18.6. The summed E-state index contributed by atoms with van der Waals surface area (Å²) in [4.78, 5) is 36.2. The Labute approximate surface area is 156 Å². The van der Waals surface area contributed by atoms with Crippen molar-refractivity contribution in [3.63, 3.8) is 0 Å². The van der Waals surface area contributed by atoms with Crippen molar-refractivity contribution in [2.45, 2.75) is 26.7 Å². The molecular weight excluding hydrogens is 344 g/mol. The van der Waals surface area contributed by atoms with E-state index < -0.39 is 18.4 Å². The first-order valence-corrected chi connectivity index (χ1v) is 8.72. The van der Waals surface area contributed by atoms with Crippen LogP contribution in [-0.4, -0.2) is 24.1 Å². The van der Waals surface area contributed by atoms with E-state index in [4.69, 9.17) is 9.15 Å². The van der Waals surface area contributed by atoms with Gasteiger partial charge in [-0.1, -0.05) is 48.0 Å². The van der Waals surface area contributed by atoms with E-state index in [-0.39, 0.29) is 24.4 Å². The van der Waals surface area contributed by atoms with E-state index in [1.54, 1.807) is 25.1 Å². The van der Waals surface area contributed by atoms with Crippen molar-refractivity contribution < 1.29 is 23.5 Å². The summed E-state index contributed by atoms with van der Waals surface area (Å²) < 4.78 is 10.6. The molecule has 138 valence electrons. The third-order valence-electron chi connectivity index (χ3n) is 4.39. The van der Waals surface area contributed by atoms with Gasteiger partial charge in [-0.2, -0.15) is 0 Å². The molecule has 0 radical (unpaired) electrons. The first-order chi connectivity index (χ1) is 13.0. The van der Waals surface area contributed by atoms with E-state index in [2.05, 4.69) is 0 Å². The van der Waals surface area contributed by atoms with Crippen molar-refractivity contribution in [2.75, 3.05) is 6.61 Å². The summed E-state index contributed by atoms with van der Waals surface area (Å²) in [6.07, 6.45) is -0.0289. The van der Waals surface area contributed by atoms with Gasteiger partial charge in [-0.25, -0.2) is 0 Å². The number of rotatable bonds is 7. The third-order valence-corrected chi connectivity index (χ3v) is 4.39. The van der Waals surface area contributed by atoms with Gasteiger partial charge >= 0.3 is 5.97 Å². The minimum atomic E-state index is -0.586. The number of ether oxygens (including phenoxy) is 1. The number of para-hydroxylation sites is 1. The Kier molecular flexibility index (Phi) is 5.50. The molecule has 0 N–H and O–H groups in total. The molecule has 1 aromatic heterocycles. The Bertz CT molecular complexity index is 995. The molecule has 27 heavy (non-hydrogen) atoms. The first-order valence-electron chi connectivity index (χ1n) is 8.72. The van der Waals surface area contributed by atoms with Gasteiger partial charge in [-0.05, 0) is 19.9 Å². The summed E-state index contributed by atoms with van der Waals surface area (Å²) in [6, 6.07) is 14.5. The Balaban J connectivity index is 1.52. The molecule has 1 heterocycles. The van der Waals surface area contributed by atoms with Gasteiger partial charge in [0, 0.05) is 22.9 Å². The number of benzene rings is 2. The lowest BCUT2D eigenvalue weighted by Crippen LogP contribution is -2.15.